The highest BCUT2D eigenvalue weighted by molar-refractivity contribution is 5.77. The zero-order valence-electron chi connectivity index (χ0n) is 13.9. The van der Waals surface area contributed by atoms with Gasteiger partial charge >= 0.3 is 6.18 Å². The average molecular weight is 359 g/mol. The summed E-state index contributed by atoms with van der Waals surface area (Å²) in [4.78, 5) is 27.8. The summed E-state index contributed by atoms with van der Waals surface area (Å²) in [7, 11) is 0. The van der Waals surface area contributed by atoms with Crippen molar-refractivity contribution in [3.05, 3.63) is 18.0 Å². The smallest absolute Gasteiger partial charge is 0.386 e. The number of piperazine rings is 1. The molecule has 0 aromatic carbocycles. The minimum Gasteiger partial charge on any atom is -0.386 e. The van der Waals surface area contributed by atoms with E-state index < -0.39 is 11.7 Å². The number of unbranched alkanes of at least 4 members (excludes halogenated alkanes) is 1. The Morgan fingerprint density at radius 3 is 2.48 bits per heavy atom. The Kier molecular flexibility index (Phi) is 6.54. The van der Waals surface area contributed by atoms with Crippen LogP contribution in [0.1, 0.15) is 25.3 Å². The van der Waals surface area contributed by atoms with Crippen LogP contribution in [0.3, 0.4) is 0 Å². The van der Waals surface area contributed by atoms with Crippen LogP contribution in [0, 0.1) is 0 Å². The summed E-state index contributed by atoms with van der Waals surface area (Å²) in [6, 6.07) is 0. The van der Waals surface area contributed by atoms with E-state index in [4.69, 9.17) is 4.84 Å². The minimum absolute atomic E-state index is 0.128. The number of rotatable bonds is 6. The summed E-state index contributed by atoms with van der Waals surface area (Å²) in [6.07, 6.45) is 0.440. The molecule has 0 N–H and O–H groups in total. The van der Waals surface area contributed by atoms with Gasteiger partial charge in [0.25, 0.3) is 5.91 Å². The molecule has 1 saturated heterocycles. The van der Waals surface area contributed by atoms with Gasteiger partial charge in [-0.05, 0) is 6.42 Å². The Hall–Kier alpha value is -2.39. The molecule has 0 aliphatic carbocycles. The monoisotopic (exact) mass is 359 g/mol. The Labute approximate surface area is 143 Å². The predicted molar refractivity (Wildman–Crippen MR) is 85.2 cm³/mol. The summed E-state index contributed by atoms with van der Waals surface area (Å²) < 4.78 is 37.5. The molecule has 0 spiro atoms. The number of amides is 1. The van der Waals surface area contributed by atoms with Crippen LogP contribution in [0.2, 0.25) is 0 Å². The molecule has 1 amide bonds. The second-order valence-electron chi connectivity index (χ2n) is 5.49. The maximum atomic E-state index is 12.5. The van der Waals surface area contributed by atoms with Crippen LogP contribution in [0.5, 0.6) is 0 Å². The lowest BCUT2D eigenvalue weighted by Crippen LogP contribution is -2.50. The van der Waals surface area contributed by atoms with Crippen molar-refractivity contribution in [1.82, 2.24) is 14.9 Å². The van der Waals surface area contributed by atoms with Crippen molar-refractivity contribution in [3.8, 4) is 0 Å². The Bertz CT molecular complexity index is 584. The highest BCUT2D eigenvalue weighted by Crippen LogP contribution is 2.28. The van der Waals surface area contributed by atoms with Gasteiger partial charge < -0.3 is 14.6 Å². The van der Waals surface area contributed by atoms with Crippen LogP contribution in [0.4, 0.5) is 19.1 Å². The first-order chi connectivity index (χ1) is 11.9. The molecule has 7 nitrogen and oxygen atoms in total. The number of aromatic nitrogens is 2. The first-order valence-corrected chi connectivity index (χ1v) is 7.97. The molecule has 0 atom stereocenters. The van der Waals surface area contributed by atoms with Crippen molar-refractivity contribution in [3.63, 3.8) is 0 Å². The predicted octanol–water partition coefficient (Wildman–Crippen LogP) is 1.95. The molecule has 0 radical (unpaired) electrons. The van der Waals surface area contributed by atoms with E-state index in [-0.39, 0.29) is 18.5 Å². The van der Waals surface area contributed by atoms with Gasteiger partial charge in [-0.3, -0.25) is 4.79 Å². The van der Waals surface area contributed by atoms with Crippen molar-refractivity contribution < 1.29 is 22.8 Å². The second-order valence-corrected chi connectivity index (χ2v) is 5.49. The second kappa shape index (κ2) is 8.63. The van der Waals surface area contributed by atoms with Gasteiger partial charge in [-0.2, -0.15) is 13.2 Å². The fraction of sp³-hybridized carbons (Fsp3) is 0.600. The van der Waals surface area contributed by atoms with E-state index in [0.29, 0.717) is 26.2 Å². The number of alkyl halides is 3. The zero-order valence-corrected chi connectivity index (χ0v) is 13.9. The SMILES string of the molecule is CCCC=NOCC(=O)N1CCN(c2ncc(C(F)(F)F)cn2)CC1. The summed E-state index contributed by atoms with van der Waals surface area (Å²) in [6.45, 7) is 3.61. The summed E-state index contributed by atoms with van der Waals surface area (Å²) >= 11 is 0. The average Bonchev–Trinajstić information content (AvgIpc) is 2.61. The van der Waals surface area contributed by atoms with Gasteiger partial charge in [0.05, 0.1) is 5.56 Å². The molecule has 1 aliphatic heterocycles. The van der Waals surface area contributed by atoms with E-state index >= 15 is 0 Å². The largest absolute Gasteiger partial charge is 0.419 e. The molecule has 0 saturated carbocycles. The normalized spacial score (nSPS) is 15.7. The zero-order chi connectivity index (χ0) is 18.3. The van der Waals surface area contributed by atoms with Gasteiger partial charge in [-0.25, -0.2) is 9.97 Å². The Balaban J connectivity index is 1.80. The lowest BCUT2D eigenvalue weighted by Gasteiger charge is -2.34. The van der Waals surface area contributed by atoms with E-state index in [9.17, 15) is 18.0 Å². The summed E-state index contributed by atoms with van der Waals surface area (Å²) in [5.41, 5.74) is -0.883. The third kappa shape index (κ3) is 5.57. The number of hydrogen-bond donors (Lipinski definition) is 0. The molecule has 2 rings (SSSR count). The third-order valence-corrected chi connectivity index (χ3v) is 3.64. The van der Waals surface area contributed by atoms with Gasteiger partial charge in [0.15, 0.2) is 6.61 Å². The van der Waals surface area contributed by atoms with E-state index in [1.165, 1.54) is 0 Å². The van der Waals surface area contributed by atoms with E-state index in [2.05, 4.69) is 15.1 Å². The van der Waals surface area contributed by atoms with Crippen molar-refractivity contribution in [2.45, 2.75) is 25.9 Å². The van der Waals surface area contributed by atoms with Gasteiger partial charge in [0, 0.05) is 44.8 Å². The van der Waals surface area contributed by atoms with E-state index in [1.807, 2.05) is 6.92 Å². The van der Waals surface area contributed by atoms with Crippen LogP contribution >= 0.6 is 0 Å². The van der Waals surface area contributed by atoms with Crippen molar-refractivity contribution >= 4 is 18.1 Å². The lowest BCUT2D eigenvalue weighted by molar-refractivity contribution is -0.138. The molecule has 1 aromatic rings. The minimum atomic E-state index is -4.46. The van der Waals surface area contributed by atoms with Gasteiger partial charge in [0.2, 0.25) is 5.95 Å². The van der Waals surface area contributed by atoms with Crippen LogP contribution < -0.4 is 4.90 Å². The molecule has 1 aliphatic rings. The molecule has 1 aromatic heterocycles. The lowest BCUT2D eigenvalue weighted by atomic mass is 10.3. The van der Waals surface area contributed by atoms with Gasteiger partial charge in [-0.15, -0.1) is 0 Å². The first-order valence-electron chi connectivity index (χ1n) is 7.97. The number of hydrogen-bond acceptors (Lipinski definition) is 6. The Morgan fingerprint density at radius 1 is 1.28 bits per heavy atom. The number of nitrogens with zero attached hydrogens (tertiary/aromatic N) is 5. The summed E-state index contributed by atoms with van der Waals surface area (Å²) in [5, 5.41) is 3.69. The van der Waals surface area contributed by atoms with Crippen molar-refractivity contribution in [2.24, 2.45) is 5.16 Å². The standard InChI is InChI=1S/C15H20F3N5O2/c1-2-3-4-21-25-11-13(24)22-5-7-23(8-6-22)14-19-9-12(10-20-14)15(16,17)18/h4,9-10H,2-3,5-8,11H2,1H3. The van der Waals surface area contributed by atoms with Crippen molar-refractivity contribution in [2.75, 3.05) is 37.7 Å². The first kappa shape index (κ1) is 18.9. The maximum absolute atomic E-state index is 12.5. The highest BCUT2D eigenvalue weighted by atomic mass is 19.4. The molecule has 0 bridgehead atoms. The quantitative estimate of drug-likeness (QED) is 0.573. The third-order valence-electron chi connectivity index (χ3n) is 3.64. The molecule has 138 valence electrons. The molecular formula is C15H20F3N5O2. The highest BCUT2D eigenvalue weighted by Gasteiger charge is 2.32. The fourth-order valence-electron chi connectivity index (χ4n) is 2.21. The molecular weight excluding hydrogens is 339 g/mol. The molecule has 1 fully saturated rings. The van der Waals surface area contributed by atoms with Crippen LogP contribution in [-0.2, 0) is 15.8 Å². The number of anilines is 1. The molecule has 2 heterocycles. The van der Waals surface area contributed by atoms with Gasteiger partial charge in [0.1, 0.15) is 0 Å². The number of carbonyl (C=O) groups is 1. The number of oxime groups is 1. The fourth-order valence-corrected chi connectivity index (χ4v) is 2.21. The van der Waals surface area contributed by atoms with Crippen molar-refractivity contribution in [1.29, 1.82) is 0 Å². The van der Waals surface area contributed by atoms with Crippen LogP contribution in [0.25, 0.3) is 0 Å². The number of carbonyl (C=O) groups excluding carboxylic acids is 1. The number of halogens is 3. The molecule has 10 heteroatoms. The Morgan fingerprint density at radius 2 is 1.92 bits per heavy atom. The van der Waals surface area contributed by atoms with Crippen LogP contribution in [-0.4, -0.2) is 59.8 Å². The van der Waals surface area contributed by atoms with E-state index in [0.717, 1.165) is 25.2 Å². The summed E-state index contributed by atoms with van der Waals surface area (Å²) in [5.74, 6) is 0.0437. The maximum Gasteiger partial charge on any atom is 0.419 e. The van der Waals surface area contributed by atoms with E-state index in [1.54, 1.807) is 16.0 Å². The van der Waals surface area contributed by atoms with Crippen LogP contribution in [0.15, 0.2) is 17.5 Å². The molecule has 25 heavy (non-hydrogen) atoms. The topological polar surface area (TPSA) is 70.9 Å². The van der Waals surface area contributed by atoms with Gasteiger partial charge in [-0.1, -0.05) is 18.5 Å². The molecule has 0 unspecified atom stereocenters.